The monoisotopic (exact) mass is 309 g/mol. The van der Waals surface area contributed by atoms with E-state index in [4.69, 9.17) is 14.9 Å². The largest absolute Gasteiger partial charge is 0.493 e. The Hall–Kier alpha value is -1.00. The summed E-state index contributed by atoms with van der Waals surface area (Å²) in [6, 6.07) is 4.04. The van der Waals surface area contributed by atoms with Crippen LogP contribution in [-0.4, -0.2) is 13.7 Å². The van der Waals surface area contributed by atoms with E-state index in [1.165, 1.54) is 12.0 Å². The first kappa shape index (κ1) is 12.1. The zero-order valence-corrected chi connectivity index (χ0v) is 11.9. The van der Waals surface area contributed by atoms with E-state index in [1.807, 2.05) is 6.07 Å². The van der Waals surface area contributed by atoms with Gasteiger partial charge in [-0.1, -0.05) is 6.42 Å². The molecular formula is C14H16BrNO2. The van der Waals surface area contributed by atoms with Crippen molar-refractivity contribution in [2.75, 3.05) is 13.7 Å². The second-order valence-electron chi connectivity index (χ2n) is 4.94. The second-order valence-corrected chi connectivity index (χ2v) is 5.73. The summed E-state index contributed by atoms with van der Waals surface area (Å²) in [5.41, 5.74) is 8.15. The van der Waals surface area contributed by atoms with Gasteiger partial charge < -0.3 is 14.9 Å². The molecule has 0 saturated heterocycles. The van der Waals surface area contributed by atoms with Crippen LogP contribution in [0.2, 0.25) is 0 Å². The quantitative estimate of drug-likeness (QED) is 0.942. The van der Waals surface area contributed by atoms with Crippen LogP contribution < -0.4 is 10.5 Å². The average molecular weight is 310 g/mol. The Balaban J connectivity index is 2.26. The number of hydrogen-bond acceptors (Lipinski definition) is 3. The lowest BCUT2D eigenvalue weighted by Crippen LogP contribution is -2.41. The molecule has 4 heteroatoms. The lowest BCUT2D eigenvalue weighted by Gasteiger charge is -2.42. The molecule has 1 aromatic heterocycles. The molecule has 96 valence electrons. The number of nitrogens with two attached hydrogens (primary N) is 1. The molecule has 1 aliphatic carbocycles. The Kier molecular flexibility index (Phi) is 2.87. The number of halogens is 1. The van der Waals surface area contributed by atoms with E-state index >= 15 is 0 Å². The summed E-state index contributed by atoms with van der Waals surface area (Å²) in [6.07, 6.45) is 5.23. The van der Waals surface area contributed by atoms with Crippen molar-refractivity contribution in [3.05, 3.63) is 28.4 Å². The fourth-order valence-corrected chi connectivity index (χ4v) is 3.65. The Bertz CT molecular complexity index is 581. The third-order valence-electron chi connectivity index (χ3n) is 4.13. The molecule has 2 N–H and O–H groups in total. The minimum Gasteiger partial charge on any atom is -0.493 e. The smallest absolute Gasteiger partial charge is 0.176 e. The fourth-order valence-electron chi connectivity index (χ4n) is 2.80. The third kappa shape index (κ3) is 1.52. The Morgan fingerprint density at radius 3 is 2.83 bits per heavy atom. The van der Waals surface area contributed by atoms with Gasteiger partial charge in [0.05, 0.1) is 13.4 Å². The predicted molar refractivity (Wildman–Crippen MR) is 75.0 cm³/mol. The van der Waals surface area contributed by atoms with Gasteiger partial charge in [0.15, 0.2) is 11.3 Å². The van der Waals surface area contributed by atoms with E-state index in [9.17, 15) is 0 Å². The summed E-state index contributed by atoms with van der Waals surface area (Å²) >= 11 is 3.70. The van der Waals surface area contributed by atoms with Crippen LogP contribution in [0.4, 0.5) is 0 Å². The minimum absolute atomic E-state index is 0.109. The third-order valence-corrected chi connectivity index (χ3v) is 4.98. The zero-order valence-electron chi connectivity index (χ0n) is 10.3. The zero-order chi connectivity index (χ0) is 12.8. The highest BCUT2D eigenvalue weighted by Gasteiger charge is 2.39. The molecule has 0 bridgehead atoms. The Morgan fingerprint density at radius 1 is 1.50 bits per heavy atom. The minimum atomic E-state index is 0.109. The van der Waals surface area contributed by atoms with Gasteiger partial charge in [-0.2, -0.15) is 0 Å². The second kappa shape index (κ2) is 4.28. The predicted octanol–water partition coefficient (Wildman–Crippen LogP) is 3.58. The highest BCUT2D eigenvalue weighted by molar-refractivity contribution is 9.10. The van der Waals surface area contributed by atoms with E-state index < -0.39 is 0 Å². The summed E-state index contributed by atoms with van der Waals surface area (Å²) in [5.74, 6) is 0.785. The summed E-state index contributed by atoms with van der Waals surface area (Å²) in [4.78, 5) is 0. The maximum Gasteiger partial charge on any atom is 0.176 e. The molecule has 1 aromatic carbocycles. The lowest BCUT2D eigenvalue weighted by molar-refractivity contribution is 0.251. The number of benzene rings is 1. The molecule has 2 aromatic rings. The number of hydrogen-bond donors (Lipinski definition) is 1. The van der Waals surface area contributed by atoms with Gasteiger partial charge in [0, 0.05) is 21.8 Å². The maximum absolute atomic E-state index is 6.00. The summed E-state index contributed by atoms with van der Waals surface area (Å²) in [7, 11) is 1.67. The summed E-state index contributed by atoms with van der Waals surface area (Å²) in [6.45, 7) is 0.679. The van der Waals surface area contributed by atoms with E-state index in [2.05, 4.69) is 22.0 Å². The first-order valence-electron chi connectivity index (χ1n) is 6.16. The molecule has 0 atom stereocenters. The van der Waals surface area contributed by atoms with Gasteiger partial charge in [0.2, 0.25) is 0 Å². The first-order chi connectivity index (χ1) is 8.72. The van der Waals surface area contributed by atoms with Gasteiger partial charge >= 0.3 is 0 Å². The molecule has 3 nitrogen and oxygen atoms in total. The molecule has 0 amide bonds. The molecule has 0 radical (unpaired) electrons. The molecule has 3 rings (SSSR count). The molecule has 0 unspecified atom stereocenters. The fraction of sp³-hybridized carbons (Fsp3) is 0.429. The van der Waals surface area contributed by atoms with Gasteiger partial charge in [0.25, 0.3) is 0 Å². The summed E-state index contributed by atoms with van der Waals surface area (Å²) < 4.78 is 12.0. The molecule has 1 saturated carbocycles. The van der Waals surface area contributed by atoms with Crippen molar-refractivity contribution in [2.45, 2.75) is 24.7 Å². The highest BCUT2D eigenvalue weighted by Crippen LogP contribution is 2.49. The van der Waals surface area contributed by atoms with Crippen molar-refractivity contribution in [1.29, 1.82) is 0 Å². The van der Waals surface area contributed by atoms with Gasteiger partial charge in [-0.25, -0.2) is 0 Å². The van der Waals surface area contributed by atoms with Crippen LogP contribution in [0.5, 0.6) is 5.75 Å². The molecule has 0 aliphatic heterocycles. The van der Waals surface area contributed by atoms with Crippen molar-refractivity contribution < 1.29 is 9.15 Å². The number of furan rings is 1. The molecule has 0 spiro atoms. The maximum atomic E-state index is 6.00. The van der Waals surface area contributed by atoms with Gasteiger partial charge in [-0.3, -0.25) is 0 Å². The SMILES string of the molecule is COc1cc(C2(CN)CCC2)c(Br)c2ccoc12. The van der Waals surface area contributed by atoms with Crippen molar-refractivity contribution in [2.24, 2.45) is 5.73 Å². The molecular weight excluding hydrogens is 294 g/mol. The van der Waals surface area contributed by atoms with E-state index in [1.54, 1.807) is 13.4 Å². The first-order valence-corrected chi connectivity index (χ1v) is 6.95. The standard InChI is InChI=1S/C14H16BrNO2/c1-17-11-7-10(14(8-16)4-2-5-14)12(15)9-3-6-18-13(9)11/h3,6-7H,2,4-5,8,16H2,1H3. The average Bonchev–Trinajstić information content (AvgIpc) is 2.81. The van der Waals surface area contributed by atoms with Crippen LogP contribution in [0, 0.1) is 0 Å². The Labute approximate surface area is 114 Å². The van der Waals surface area contributed by atoms with Crippen molar-refractivity contribution in [3.8, 4) is 5.75 Å². The number of methoxy groups -OCH3 is 1. The van der Waals surface area contributed by atoms with Gasteiger partial charge in [-0.05, 0) is 46.5 Å². The van der Waals surface area contributed by atoms with Crippen molar-refractivity contribution in [1.82, 2.24) is 0 Å². The van der Waals surface area contributed by atoms with Crippen molar-refractivity contribution in [3.63, 3.8) is 0 Å². The van der Waals surface area contributed by atoms with Crippen LogP contribution in [0.15, 0.2) is 27.3 Å². The number of rotatable bonds is 3. The van der Waals surface area contributed by atoms with Crippen LogP contribution in [0.3, 0.4) is 0 Å². The van der Waals surface area contributed by atoms with Gasteiger partial charge in [-0.15, -0.1) is 0 Å². The molecule has 18 heavy (non-hydrogen) atoms. The van der Waals surface area contributed by atoms with Crippen LogP contribution >= 0.6 is 15.9 Å². The van der Waals surface area contributed by atoms with E-state index in [-0.39, 0.29) is 5.41 Å². The van der Waals surface area contributed by atoms with Crippen LogP contribution in [0.25, 0.3) is 11.0 Å². The highest BCUT2D eigenvalue weighted by atomic mass is 79.9. The van der Waals surface area contributed by atoms with Crippen LogP contribution in [-0.2, 0) is 5.41 Å². The van der Waals surface area contributed by atoms with Crippen molar-refractivity contribution >= 4 is 26.9 Å². The van der Waals surface area contributed by atoms with Gasteiger partial charge in [0.1, 0.15) is 0 Å². The molecule has 1 fully saturated rings. The number of fused-ring (bicyclic) bond motifs is 1. The normalized spacial score (nSPS) is 17.7. The van der Waals surface area contributed by atoms with E-state index in [0.29, 0.717) is 6.54 Å². The topological polar surface area (TPSA) is 48.4 Å². The number of ether oxygens (including phenoxy) is 1. The Morgan fingerprint density at radius 2 is 2.28 bits per heavy atom. The molecule has 1 heterocycles. The molecule has 1 aliphatic rings. The van der Waals surface area contributed by atoms with E-state index in [0.717, 1.165) is 34.0 Å². The summed E-state index contributed by atoms with van der Waals surface area (Å²) in [5, 5.41) is 1.06. The van der Waals surface area contributed by atoms with Crippen LogP contribution in [0.1, 0.15) is 24.8 Å². The lowest BCUT2D eigenvalue weighted by atomic mass is 9.64.